The fourth-order valence-electron chi connectivity index (χ4n) is 2.60. The summed E-state index contributed by atoms with van der Waals surface area (Å²) < 4.78 is 4.97. The van der Waals surface area contributed by atoms with Crippen molar-refractivity contribution in [1.29, 1.82) is 0 Å². The number of carbonyl (C=O) groups excluding carboxylic acids is 2. The van der Waals surface area contributed by atoms with E-state index >= 15 is 0 Å². The second-order valence-electron chi connectivity index (χ2n) is 5.71. The van der Waals surface area contributed by atoms with E-state index in [0.29, 0.717) is 30.3 Å². The summed E-state index contributed by atoms with van der Waals surface area (Å²) in [7, 11) is 0. The van der Waals surface area contributed by atoms with Gasteiger partial charge in [-0.05, 0) is 45.1 Å². The Balaban J connectivity index is 2.74. The first-order chi connectivity index (χ1) is 12.0. The number of halogens is 1. The Bertz CT molecular complexity index is 547. The maximum absolute atomic E-state index is 12.8. The van der Waals surface area contributed by atoms with Crippen molar-refractivity contribution in [3.63, 3.8) is 0 Å². The topological polar surface area (TPSA) is 49.9 Å². The van der Waals surface area contributed by atoms with Gasteiger partial charge in [-0.2, -0.15) is 0 Å². The molecule has 0 heterocycles. The van der Waals surface area contributed by atoms with Crippen LogP contribution in [0.1, 0.15) is 44.0 Å². The molecule has 5 nitrogen and oxygen atoms in total. The molecular weight excluding hydrogens is 340 g/mol. The van der Waals surface area contributed by atoms with E-state index in [4.69, 9.17) is 16.3 Å². The Morgan fingerprint density at radius 2 is 1.72 bits per heavy atom. The SMILES string of the molecule is CCOC(=O)CCN(CCCN(CC)CC)C(=O)c1ccccc1Cl. The molecule has 0 aliphatic heterocycles. The summed E-state index contributed by atoms with van der Waals surface area (Å²) in [5.41, 5.74) is 0.468. The molecule has 1 aromatic rings. The van der Waals surface area contributed by atoms with Gasteiger partial charge in [0.2, 0.25) is 0 Å². The Morgan fingerprint density at radius 1 is 1.04 bits per heavy atom. The third kappa shape index (κ3) is 7.45. The second kappa shape index (κ2) is 11.9. The minimum absolute atomic E-state index is 0.144. The van der Waals surface area contributed by atoms with Crippen LogP contribution in [0.2, 0.25) is 5.02 Å². The van der Waals surface area contributed by atoms with Crippen LogP contribution in [-0.4, -0.2) is 61.0 Å². The largest absolute Gasteiger partial charge is 0.466 e. The first-order valence-corrected chi connectivity index (χ1v) is 9.32. The van der Waals surface area contributed by atoms with Crippen molar-refractivity contribution in [3.8, 4) is 0 Å². The number of nitrogens with zero attached hydrogens (tertiary/aromatic N) is 2. The molecule has 1 rings (SSSR count). The third-order valence-corrected chi connectivity index (χ3v) is 4.41. The number of rotatable bonds is 11. The molecule has 25 heavy (non-hydrogen) atoms. The standard InChI is InChI=1S/C19H29ClN2O3/c1-4-21(5-2)13-9-14-22(15-12-18(23)25-6-3)19(24)16-10-7-8-11-17(16)20/h7-8,10-11H,4-6,9,12-15H2,1-3H3. The zero-order valence-corrected chi connectivity index (χ0v) is 16.2. The van der Waals surface area contributed by atoms with Crippen LogP contribution >= 0.6 is 11.6 Å². The van der Waals surface area contributed by atoms with Crippen molar-refractivity contribution in [1.82, 2.24) is 9.80 Å². The van der Waals surface area contributed by atoms with Crippen LogP contribution in [-0.2, 0) is 9.53 Å². The average Bonchev–Trinajstić information content (AvgIpc) is 2.61. The second-order valence-corrected chi connectivity index (χ2v) is 6.11. The Kier molecular flexibility index (Phi) is 10.2. The van der Waals surface area contributed by atoms with Crippen molar-refractivity contribution < 1.29 is 14.3 Å². The number of amides is 1. The molecule has 0 unspecified atom stereocenters. The maximum Gasteiger partial charge on any atom is 0.307 e. The predicted molar refractivity (Wildman–Crippen MR) is 101 cm³/mol. The van der Waals surface area contributed by atoms with Gasteiger partial charge < -0.3 is 14.5 Å². The molecule has 0 fully saturated rings. The molecule has 0 N–H and O–H groups in total. The summed E-state index contributed by atoms with van der Waals surface area (Å²) in [6.07, 6.45) is 1.04. The fraction of sp³-hybridized carbons (Fsp3) is 0.579. The molecule has 0 radical (unpaired) electrons. The van der Waals surface area contributed by atoms with E-state index in [-0.39, 0.29) is 18.3 Å². The summed E-state index contributed by atoms with van der Waals surface area (Å²) in [6.45, 7) is 10.2. The first-order valence-electron chi connectivity index (χ1n) is 8.95. The lowest BCUT2D eigenvalue weighted by atomic mass is 10.2. The molecule has 0 atom stereocenters. The highest BCUT2D eigenvalue weighted by atomic mass is 35.5. The molecule has 0 spiro atoms. The average molecular weight is 369 g/mol. The molecule has 0 aliphatic carbocycles. The molecule has 140 valence electrons. The van der Waals surface area contributed by atoms with Crippen LogP contribution < -0.4 is 0 Å². The monoisotopic (exact) mass is 368 g/mol. The van der Waals surface area contributed by atoms with Gasteiger partial charge in [-0.25, -0.2) is 0 Å². The molecule has 0 bridgehead atoms. The van der Waals surface area contributed by atoms with E-state index in [9.17, 15) is 9.59 Å². The van der Waals surface area contributed by atoms with E-state index < -0.39 is 0 Å². The van der Waals surface area contributed by atoms with E-state index in [2.05, 4.69) is 18.7 Å². The van der Waals surface area contributed by atoms with Crippen molar-refractivity contribution in [3.05, 3.63) is 34.9 Å². The highest BCUT2D eigenvalue weighted by Gasteiger charge is 2.19. The fourth-order valence-corrected chi connectivity index (χ4v) is 2.82. The molecule has 0 aromatic heterocycles. The first kappa shape index (κ1) is 21.5. The van der Waals surface area contributed by atoms with E-state index in [0.717, 1.165) is 26.1 Å². The zero-order chi connectivity index (χ0) is 18.7. The normalized spacial score (nSPS) is 10.8. The highest BCUT2D eigenvalue weighted by molar-refractivity contribution is 6.33. The van der Waals surface area contributed by atoms with Crippen LogP contribution in [0.3, 0.4) is 0 Å². The lowest BCUT2D eigenvalue weighted by Gasteiger charge is -2.25. The number of esters is 1. The van der Waals surface area contributed by atoms with Gasteiger partial charge in [-0.15, -0.1) is 0 Å². The maximum atomic E-state index is 12.8. The highest BCUT2D eigenvalue weighted by Crippen LogP contribution is 2.17. The summed E-state index contributed by atoms with van der Waals surface area (Å²) in [5, 5.41) is 0.428. The molecule has 0 aliphatic rings. The summed E-state index contributed by atoms with van der Waals surface area (Å²) in [5.74, 6) is -0.433. The van der Waals surface area contributed by atoms with Crippen LogP contribution in [0.25, 0.3) is 0 Å². The summed E-state index contributed by atoms with van der Waals surface area (Å²) >= 11 is 6.16. The Labute approximate surface area is 155 Å². The van der Waals surface area contributed by atoms with Crippen molar-refractivity contribution >= 4 is 23.5 Å². The minimum atomic E-state index is -0.289. The van der Waals surface area contributed by atoms with Gasteiger partial charge in [0.15, 0.2) is 0 Å². The van der Waals surface area contributed by atoms with Gasteiger partial charge in [0, 0.05) is 13.1 Å². The lowest BCUT2D eigenvalue weighted by molar-refractivity contribution is -0.143. The van der Waals surface area contributed by atoms with Gasteiger partial charge >= 0.3 is 5.97 Å². The van der Waals surface area contributed by atoms with Crippen molar-refractivity contribution in [2.75, 3.05) is 39.3 Å². The predicted octanol–water partition coefficient (Wildman–Crippen LogP) is 3.47. The quantitative estimate of drug-likeness (QED) is 0.561. The Hall–Kier alpha value is -1.59. The lowest BCUT2D eigenvalue weighted by Crippen LogP contribution is -2.36. The van der Waals surface area contributed by atoms with Gasteiger partial charge in [0.25, 0.3) is 5.91 Å². The van der Waals surface area contributed by atoms with E-state index in [1.807, 2.05) is 0 Å². The Morgan fingerprint density at radius 3 is 2.32 bits per heavy atom. The summed E-state index contributed by atoms with van der Waals surface area (Å²) in [4.78, 5) is 28.5. The van der Waals surface area contributed by atoms with Crippen molar-refractivity contribution in [2.24, 2.45) is 0 Å². The number of benzene rings is 1. The van der Waals surface area contributed by atoms with Crippen LogP contribution in [0, 0.1) is 0 Å². The molecule has 0 saturated carbocycles. The molecular formula is C19H29ClN2O3. The smallest absolute Gasteiger partial charge is 0.307 e. The van der Waals surface area contributed by atoms with Gasteiger partial charge in [-0.3, -0.25) is 9.59 Å². The summed E-state index contributed by atoms with van der Waals surface area (Å²) in [6, 6.07) is 7.00. The van der Waals surface area contributed by atoms with Gasteiger partial charge in [0.1, 0.15) is 0 Å². The van der Waals surface area contributed by atoms with E-state index in [1.165, 1.54) is 0 Å². The molecule has 6 heteroatoms. The number of ether oxygens (including phenoxy) is 1. The molecule has 1 amide bonds. The van der Waals surface area contributed by atoms with Crippen LogP contribution in [0.4, 0.5) is 0 Å². The number of carbonyl (C=O) groups is 2. The van der Waals surface area contributed by atoms with Gasteiger partial charge in [0.05, 0.1) is 23.6 Å². The zero-order valence-electron chi connectivity index (χ0n) is 15.5. The third-order valence-electron chi connectivity index (χ3n) is 4.08. The molecule has 1 aromatic carbocycles. The van der Waals surface area contributed by atoms with Crippen molar-refractivity contribution in [2.45, 2.75) is 33.6 Å². The number of hydrogen-bond donors (Lipinski definition) is 0. The number of hydrogen-bond acceptors (Lipinski definition) is 4. The van der Waals surface area contributed by atoms with E-state index in [1.54, 1.807) is 36.1 Å². The van der Waals surface area contributed by atoms with Gasteiger partial charge in [-0.1, -0.05) is 37.6 Å². The molecule has 0 saturated heterocycles. The minimum Gasteiger partial charge on any atom is -0.466 e. The van der Waals surface area contributed by atoms with Crippen LogP contribution in [0.15, 0.2) is 24.3 Å². The van der Waals surface area contributed by atoms with Crippen LogP contribution in [0.5, 0.6) is 0 Å².